The first-order chi connectivity index (χ1) is 12.9. The lowest BCUT2D eigenvalue weighted by molar-refractivity contribution is 0.104. The molecule has 0 aliphatic rings. The number of benzene rings is 2. The summed E-state index contributed by atoms with van der Waals surface area (Å²) in [5.74, 6) is -0.0278. The number of carbonyl (C=O) groups excluding carboxylic acids is 1. The van der Waals surface area contributed by atoms with E-state index in [0.29, 0.717) is 10.2 Å². The van der Waals surface area contributed by atoms with Gasteiger partial charge in [0.1, 0.15) is 4.64 Å². The fourth-order valence-electron chi connectivity index (χ4n) is 2.83. The lowest BCUT2D eigenvalue weighted by Gasteiger charge is -2.18. The van der Waals surface area contributed by atoms with Gasteiger partial charge in [-0.2, -0.15) is 0 Å². The highest BCUT2D eigenvalue weighted by Gasteiger charge is 2.13. The van der Waals surface area contributed by atoms with Crippen molar-refractivity contribution in [2.24, 2.45) is 0 Å². The molecule has 0 bridgehead atoms. The standard InChI is InChI=1S/C24H23NOS/c1-24(2,3)20-14-11-18(12-15-20)22(26)16-13-19-8-7-17-25(23(19)27)21-9-5-4-6-10-21/h4-17H,1-3H3/b16-13+. The molecule has 0 atom stereocenters. The van der Waals surface area contributed by atoms with Gasteiger partial charge in [0.15, 0.2) is 5.78 Å². The molecule has 136 valence electrons. The largest absolute Gasteiger partial charge is 0.308 e. The Morgan fingerprint density at radius 2 is 1.59 bits per heavy atom. The van der Waals surface area contributed by atoms with Gasteiger partial charge >= 0.3 is 0 Å². The third kappa shape index (κ3) is 4.50. The Labute approximate surface area is 165 Å². The maximum absolute atomic E-state index is 12.5. The molecule has 0 spiro atoms. The molecule has 2 nitrogen and oxygen atoms in total. The van der Waals surface area contributed by atoms with Crippen molar-refractivity contribution in [1.82, 2.24) is 4.57 Å². The van der Waals surface area contributed by atoms with E-state index in [9.17, 15) is 4.79 Å². The molecule has 0 aliphatic heterocycles. The fraction of sp³-hybridized carbons (Fsp3) is 0.167. The van der Waals surface area contributed by atoms with Crippen LogP contribution in [0.2, 0.25) is 0 Å². The topological polar surface area (TPSA) is 22.0 Å². The van der Waals surface area contributed by atoms with Crippen LogP contribution < -0.4 is 0 Å². The van der Waals surface area contributed by atoms with E-state index in [4.69, 9.17) is 12.2 Å². The van der Waals surface area contributed by atoms with E-state index >= 15 is 0 Å². The molecule has 0 radical (unpaired) electrons. The van der Waals surface area contributed by atoms with E-state index in [2.05, 4.69) is 20.8 Å². The zero-order chi connectivity index (χ0) is 19.4. The number of carbonyl (C=O) groups is 1. The van der Waals surface area contributed by atoms with Crippen molar-refractivity contribution in [1.29, 1.82) is 0 Å². The molecule has 2 aromatic carbocycles. The summed E-state index contributed by atoms with van der Waals surface area (Å²) in [6.07, 6.45) is 5.32. The average Bonchev–Trinajstić information content (AvgIpc) is 2.67. The molecule has 3 aromatic rings. The van der Waals surface area contributed by atoms with Gasteiger partial charge in [-0.1, -0.05) is 81.5 Å². The number of allylic oxidation sites excluding steroid dienone is 1. The fourth-order valence-corrected chi connectivity index (χ4v) is 3.13. The van der Waals surface area contributed by atoms with Crippen LogP contribution in [0.1, 0.15) is 42.3 Å². The van der Waals surface area contributed by atoms with Crippen molar-refractivity contribution in [3.05, 3.63) is 100 Å². The van der Waals surface area contributed by atoms with Crippen LogP contribution >= 0.6 is 12.2 Å². The maximum atomic E-state index is 12.5. The Bertz CT molecular complexity index is 1020. The minimum absolute atomic E-state index is 0.0278. The van der Waals surface area contributed by atoms with Gasteiger partial charge in [0.2, 0.25) is 0 Å². The first-order valence-corrected chi connectivity index (χ1v) is 9.37. The SMILES string of the molecule is CC(C)(C)c1ccc(C(=O)/C=C/c2cccn(-c3ccccc3)c2=S)cc1. The molecule has 0 N–H and O–H groups in total. The minimum Gasteiger partial charge on any atom is -0.308 e. The lowest BCUT2D eigenvalue weighted by Crippen LogP contribution is -2.11. The first-order valence-electron chi connectivity index (χ1n) is 8.96. The predicted octanol–water partition coefficient (Wildman–Crippen LogP) is 6.40. The first kappa shape index (κ1) is 19.0. The van der Waals surface area contributed by atoms with Gasteiger partial charge < -0.3 is 4.57 Å². The van der Waals surface area contributed by atoms with E-state index in [1.54, 1.807) is 12.2 Å². The number of hydrogen-bond donors (Lipinski definition) is 0. The highest BCUT2D eigenvalue weighted by molar-refractivity contribution is 7.71. The number of pyridine rings is 1. The van der Waals surface area contributed by atoms with Crippen molar-refractivity contribution in [3.63, 3.8) is 0 Å². The molecule has 0 aliphatic carbocycles. The predicted molar refractivity (Wildman–Crippen MR) is 115 cm³/mol. The highest BCUT2D eigenvalue weighted by atomic mass is 32.1. The third-order valence-corrected chi connectivity index (χ3v) is 4.89. The van der Waals surface area contributed by atoms with Crippen molar-refractivity contribution in [3.8, 4) is 5.69 Å². The summed E-state index contributed by atoms with van der Waals surface area (Å²) in [5, 5.41) is 0. The quantitative estimate of drug-likeness (QED) is 0.300. The van der Waals surface area contributed by atoms with Crippen LogP contribution in [0, 0.1) is 4.64 Å². The van der Waals surface area contributed by atoms with Gasteiger partial charge in [0.05, 0.1) is 0 Å². The van der Waals surface area contributed by atoms with Crippen LogP contribution in [0.25, 0.3) is 11.8 Å². The van der Waals surface area contributed by atoms with Crippen LogP contribution in [0.15, 0.2) is 79.0 Å². The normalized spacial score (nSPS) is 11.7. The molecule has 3 rings (SSSR count). The Balaban J connectivity index is 1.84. The zero-order valence-electron chi connectivity index (χ0n) is 15.8. The number of ketones is 1. The average molecular weight is 374 g/mol. The van der Waals surface area contributed by atoms with Crippen molar-refractivity contribution in [2.45, 2.75) is 26.2 Å². The van der Waals surface area contributed by atoms with Crippen molar-refractivity contribution < 1.29 is 4.79 Å². The molecule has 0 saturated heterocycles. The van der Waals surface area contributed by atoms with E-state index < -0.39 is 0 Å². The van der Waals surface area contributed by atoms with Gasteiger partial charge in [-0.3, -0.25) is 4.79 Å². The van der Waals surface area contributed by atoms with E-state index in [1.807, 2.05) is 77.5 Å². The maximum Gasteiger partial charge on any atom is 0.185 e. The Morgan fingerprint density at radius 1 is 0.926 bits per heavy atom. The minimum atomic E-state index is -0.0278. The second-order valence-electron chi connectivity index (χ2n) is 7.50. The molecular formula is C24H23NOS. The second-order valence-corrected chi connectivity index (χ2v) is 7.89. The molecular weight excluding hydrogens is 350 g/mol. The van der Waals surface area contributed by atoms with Gasteiger partial charge in [-0.25, -0.2) is 0 Å². The molecule has 0 unspecified atom stereocenters. The van der Waals surface area contributed by atoms with Crippen LogP contribution in [0.3, 0.4) is 0 Å². The van der Waals surface area contributed by atoms with Crippen molar-refractivity contribution in [2.75, 3.05) is 0 Å². The van der Waals surface area contributed by atoms with Crippen molar-refractivity contribution >= 4 is 24.1 Å². The van der Waals surface area contributed by atoms with Gasteiger partial charge in [0, 0.05) is 23.0 Å². The number of nitrogens with zero attached hydrogens (tertiary/aromatic N) is 1. The van der Waals surface area contributed by atoms with Crippen LogP contribution in [0.5, 0.6) is 0 Å². The van der Waals surface area contributed by atoms with Gasteiger partial charge in [-0.15, -0.1) is 0 Å². The summed E-state index contributed by atoms with van der Waals surface area (Å²) in [5.41, 5.74) is 3.81. The zero-order valence-corrected chi connectivity index (χ0v) is 16.7. The Morgan fingerprint density at radius 3 is 2.22 bits per heavy atom. The number of para-hydroxylation sites is 1. The molecule has 1 heterocycles. The molecule has 0 amide bonds. The molecule has 3 heteroatoms. The summed E-state index contributed by atoms with van der Waals surface area (Å²) in [4.78, 5) is 12.5. The highest BCUT2D eigenvalue weighted by Crippen LogP contribution is 2.22. The molecule has 0 saturated carbocycles. The molecule has 1 aromatic heterocycles. The molecule has 0 fully saturated rings. The number of aromatic nitrogens is 1. The summed E-state index contributed by atoms with van der Waals surface area (Å²) in [6, 6.07) is 21.6. The van der Waals surface area contributed by atoms with E-state index in [-0.39, 0.29) is 11.2 Å². The smallest absolute Gasteiger partial charge is 0.185 e. The number of hydrogen-bond acceptors (Lipinski definition) is 2. The lowest BCUT2D eigenvalue weighted by atomic mass is 9.86. The van der Waals surface area contributed by atoms with Gasteiger partial charge in [-0.05, 0) is 41.3 Å². The van der Waals surface area contributed by atoms with Crippen LogP contribution in [-0.2, 0) is 5.41 Å². The molecule has 27 heavy (non-hydrogen) atoms. The summed E-state index contributed by atoms with van der Waals surface area (Å²) in [7, 11) is 0. The number of rotatable bonds is 4. The van der Waals surface area contributed by atoms with Crippen LogP contribution in [-0.4, -0.2) is 10.4 Å². The summed E-state index contributed by atoms with van der Waals surface area (Å²) < 4.78 is 2.62. The van der Waals surface area contributed by atoms with E-state index in [0.717, 1.165) is 11.3 Å². The summed E-state index contributed by atoms with van der Waals surface area (Å²) in [6.45, 7) is 6.48. The Kier molecular flexibility index (Phi) is 5.52. The Hall–Kier alpha value is -2.78. The second kappa shape index (κ2) is 7.85. The third-order valence-electron chi connectivity index (χ3n) is 4.46. The van der Waals surface area contributed by atoms with Gasteiger partial charge in [0.25, 0.3) is 0 Å². The monoisotopic (exact) mass is 373 g/mol. The van der Waals surface area contributed by atoms with Crippen LogP contribution in [0.4, 0.5) is 0 Å². The van der Waals surface area contributed by atoms with E-state index in [1.165, 1.54) is 5.56 Å². The summed E-state index contributed by atoms with van der Waals surface area (Å²) >= 11 is 5.60.